The average Bonchev–Trinajstić information content (AvgIpc) is 2.53. The molecule has 1 aliphatic heterocycles. The average molecular weight is 325 g/mol. The van der Waals surface area contributed by atoms with Gasteiger partial charge in [0.25, 0.3) is 0 Å². The van der Waals surface area contributed by atoms with Gasteiger partial charge in [-0.25, -0.2) is 4.79 Å². The lowest BCUT2D eigenvalue weighted by Gasteiger charge is -2.31. The summed E-state index contributed by atoms with van der Waals surface area (Å²) >= 11 is 0. The first-order chi connectivity index (χ1) is 11.1. The van der Waals surface area contributed by atoms with Gasteiger partial charge in [-0.05, 0) is 31.6 Å². The largest absolute Gasteiger partial charge is 0.376 e. The van der Waals surface area contributed by atoms with Crippen LogP contribution in [0.2, 0.25) is 0 Å². The molecule has 2 atom stereocenters. The minimum absolute atomic E-state index is 0.113. The molecule has 1 heterocycles. The summed E-state index contributed by atoms with van der Waals surface area (Å²) in [4.78, 5) is 25.0. The van der Waals surface area contributed by atoms with E-state index in [9.17, 15) is 9.59 Å². The molecule has 6 nitrogen and oxygen atoms in total. The maximum Gasteiger partial charge on any atom is 0.315 e. The van der Waals surface area contributed by atoms with Crippen LogP contribution in [-0.2, 0) is 9.53 Å². The van der Waals surface area contributed by atoms with Gasteiger partial charge in [0.1, 0.15) is 0 Å². The van der Waals surface area contributed by atoms with Crippen molar-refractivity contribution in [3.63, 3.8) is 0 Å². The first-order valence-corrected chi connectivity index (χ1v) is 8.97. The zero-order valence-electron chi connectivity index (χ0n) is 14.5. The third-order valence-corrected chi connectivity index (χ3v) is 5.03. The van der Waals surface area contributed by atoms with E-state index in [0.717, 1.165) is 32.4 Å². The van der Waals surface area contributed by atoms with Crippen LogP contribution >= 0.6 is 0 Å². The minimum atomic E-state index is -0.133. The Kier molecular flexibility index (Phi) is 7.15. The predicted octanol–water partition coefficient (Wildman–Crippen LogP) is 1.89. The van der Waals surface area contributed by atoms with Gasteiger partial charge < -0.3 is 20.3 Å². The highest BCUT2D eigenvalue weighted by Crippen LogP contribution is 2.25. The summed E-state index contributed by atoms with van der Waals surface area (Å²) in [5, 5.41) is 5.84. The number of carbonyl (C=O) groups excluding carboxylic acids is 2. The summed E-state index contributed by atoms with van der Waals surface area (Å²) in [6.45, 7) is 6.41. The van der Waals surface area contributed by atoms with Crippen LogP contribution in [0, 0.1) is 5.92 Å². The van der Waals surface area contributed by atoms with Crippen molar-refractivity contribution >= 4 is 11.9 Å². The number of hydrogen-bond donors (Lipinski definition) is 2. The van der Waals surface area contributed by atoms with Crippen molar-refractivity contribution in [3.05, 3.63) is 0 Å². The van der Waals surface area contributed by atoms with Crippen LogP contribution in [0.1, 0.15) is 52.4 Å². The lowest BCUT2D eigenvalue weighted by atomic mass is 9.88. The lowest BCUT2D eigenvalue weighted by Crippen LogP contribution is -2.49. The van der Waals surface area contributed by atoms with Gasteiger partial charge in [0.2, 0.25) is 5.91 Å². The molecular weight excluding hydrogens is 294 g/mol. The molecule has 3 amide bonds. The third kappa shape index (κ3) is 6.01. The summed E-state index contributed by atoms with van der Waals surface area (Å²) in [5.74, 6) is 0.742. The highest BCUT2D eigenvalue weighted by Gasteiger charge is 2.23. The van der Waals surface area contributed by atoms with E-state index in [1.54, 1.807) is 6.92 Å². The van der Waals surface area contributed by atoms with E-state index < -0.39 is 0 Å². The SMILES string of the molecule is CC(=O)N1CCC(NC(=O)NCCO[C@@H]2CCCC[C@H]2C)CC1. The molecule has 2 aliphatic rings. The molecule has 0 aromatic carbocycles. The van der Waals surface area contributed by atoms with Crippen LogP contribution in [0.25, 0.3) is 0 Å². The lowest BCUT2D eigenvalue weighted by molar-refractivity contribution is -0.129. The second-order valence-electron chi connectivity index (χ2n) is 6.85. The summed E-state index contributed by atoms with van der Waals surface area (Å²) in [6, 6.07) is 0.0245. The topological polar surface area (TPSA) is 70.7 Å². The van der Waals surface area contributed by atoms with Crippen molar-refractivity contribution in [1.82, 2.24) is 15.5 Å². The monoisotopic (exact) mass is 325 g/mol. The number of urea groups is 1. The number of piperidine rings is 1. The fourth-order valence-corrected chi connectivity index (χ4v) is 3.48. The minimum Gasteiger partial charge on any atom is -0.376 e. The van der Waals surface area contributed by atoms with Crippen molar-refractivity contribution in [2.75, 3.05) is 26.2 Å². The molecule has 0 bridgehead atoms. The Labute approximate surface area is 139 Å². The molecule has 2 fully saturated rings. The molecule has 0 aromatic rings. The molecule has 1 aliphatic carbocycles. The number of nitrogens with one attached hydrogen (secondary N) is 2. The number of ether oxygens (including phenoxy) is 1. The van der Waals surface area contributed by atoms with E-state index >= 15 is 0 Å². The van der Waals surface area contributed by atoms with Gasteiger partial charge in [-0.2, -0.15) is 0 Å². The molecule has 132 valence electrons. The molecule has 2 N–H and O–H groups in total. The zero-order valence-corrected chi connectivity index (χ0v) is 14.5. The molecule has 0 unspecified atom stereocenters. The number of rotatable bonds is 5. The van der Waals surface area contributed by atoms with E-state index in [4.69, 9.17) is 4.74 Å². The van der Waals surface area contributed by atoms with E-state index in [1.807, 2.05) is 4.90 Å². The smallest absolute Gasteiger partial charge is 0.315 e. The van der Waals surface area contributed by atoms with Crippen molar-refractivity contribution < 1.29 is 14.3 Å². The first-order valence-electron chi connectivity index (χ1n) is 8.97. The second kappa shape index (κ2) is 9.11. The van der Waals surface area contributed by atoms with E-state index in [0.29, 0.717) is 25.2 Å². The highest BCUT2D eigenvalue weighted by atomic mass is 16.5. The Bertz CT molecular complexity index is 395. The molecule has 0 spiro atoms. The van der Waals surface area contributed by atoms with Gasteiger partial charge in [0, 0.05) is 32.6 Å². The van der Waals surface area contributed by atoms with Gasteiger partial charge in [0.05, 0.1) is 12.7 Å². The molecule has 0 aromatic heterocycles. The van der Waals surface area contributed by atoms with Gasteiger partial charge in [-0.3, -0.25) is 4.79 Å². The van der Waals surface area contributed by atoms with Crippen LogP contribution in [0.5, 0.6) is 0 Å². The Morgan fingerprint density at radius 1 is 1.13 bits per heavy atom. The molecule has 1 saturated carbocycles. The van der Waals surface area contributed by atoms with Crippen molar-refractivity contribution in [1.29, 1.82) is 0 Å². The third-order valence-electron chi connectivity index (χ3n) is 5.03. The summed E-state index contributed by atoms with van der Waals surface area (Å²) in [6.07, 6.45) is 6.95. The Morgan fingerprint density at radius 2 is 1.83 bits per heavy atom. The van der Waals surface area contributed by atoms with E-state index in [2.05, 4.69) is 17.6 Å². The van der Waals surface area contributed by atoms with Crippen molar-refractivity contribution in [2.45, 2.75) is 64.5 Å². The number of hydrogen-bond acceptors (Lipinski definition) is 3. The fraction of sp³-hybridized carbons (Fsp3) is 0.882. The van der Waals surface area contributed by atoms with Gasteiger partial charge in [-0.15, -0.1) is 0 Å². The molecule has 23 heavy (non-hydrogen) atoms. The molecule has 0 radical (unpaired) electrons. The Balaban J connectivity index is 1.54. The maximum absolute atomic E-state index is 11.9. The predicted molar refractivity (Wildman–Crippen MR) is 89.2 cm³/mol. The van der Waals surface area contributed by atoms with Crippen molar-refractivity contribution in [3.8, 4) is 0 Å². The fourth-order valence-electron chi connectivity index (χ4n) is 3.48. The van der Waals surface area contributed by atoms with Crippen LogP contribution in [0.4, 0.5) is 4.79 Å². The number of amides is 3. The standard InChI is InChI=1S/C17H31N3O3/c1-13-5-3-4-6-16(13)23-12-9-18-17(22)19-15-7-10-20(11-8-15)14(2)21/h13,15-16H,3-12H2,1-2H3,(H2,18,19,22)/t13-,16-/m1/s1. The van der Waals surface area contributed by atoms with E-state index in [1.165, 1.54) is 19.3 Å². The number of likely N-dealkylation sites (tertiary alicyclic amines) is 1. The van der Waals surface area contributed by atoms with Crippen LogP contribution < -0.4 is 10.6 Å². The Morgan fingerprint density at radius 3 is 2.48 bits per heavy atom. The highest BCUT2D eigenvalue weighted by molar-refractivity contribution is 5.74. The summed E-state index contributed by atoms with van der Waals surface area (Å²) in [7, 11) is 0. The molecular formula is C17H31N3O3. The van der Waals surface area contributed by atoms with Gasteiger partial charge >= 0.3 is 6.03 Å². The van der Waals surface area contributed by atoms with E-state index in [-0.39, 0.29) is 18.0 Å². The zero-order chi connectivity index (χ0) is 16.7. The van der Waals surface area contributed by atoms with Crippen LogP contribution in [-0.4, -0.2) is 55.2 Å². The summed E-state index contributed by atoms with van der Waals surface area (Å²) < 4.78 is 5.89. The molecule has 6 heteroatoms. The maximum atomic E-state index is 11.9. The second-order valence-corrected chi connectivity index (χ2v) is 6.85. The molecule has 1 saturated heterocycles. The number of carbonyl (C=O) groups is 2. The first kappa shape index (κ1) is 18.0. The van der Waals surface area contributed by atoms with Crippen molar-refractivity contribution in [2.24, 2.45) is 5.92 Å². The quantitative estimate of drug-likeness (QED) is 0.758. The van der Waals surface area contributed by atoms with Gasteiger partial charge in [0.15, 0.2) is 0 Å². The number of nitrogens with zero attached hydrogens (tertiary/aromatic N) is 1. The molecule has 2 rings (SSSR count). The van der Waals surface area contributed by atoms with Crippen LogP contribution in [0.3, 0.4) is 0 Å². The van der Waals surface area contributed by atoms with Gasteiger partial charge in [-0.1, -0.05) is 19.8 Å². The normalized spacial score (nSPS) is 25.9. The Hall–Kier alpha value is -1.30. The summed E-state index contributed by atoms with van der Waals surface area (Å²) in [5.41, 5.74) is 0. The van der Waals surface area contributed by atoms with Crippen LogP contribution in [0.15, 0.2) is 0 Å².